The quantitative estimate of drug-likeness (QED) is 0.774. The van der Waals surface area contributed by atoms with Crippen molar-refractivity contribution in [3.8, 4) is 0 Å². The number of nitrogens with zero attached hydrogens (tertiary/aromatic N) is 2. The first kappa shape index (κ1) is 15.9. The van der Waals surface area contributed by atoms with Crippen molar-refractivity contribution in [2.45, 2.75) is 5.92 Å². The van der Waals surface area contributed by atoms with E-state index in [9.17, 15) is 9.90 Å². The highest BCUT2D eigenvalue weighted by Gasteiger charge is 2.21. The van der Waals surface area contributed by atoms with Gasteiger partial charge in [0.2, 0.25) is 0 Å². The van der Waals surface area contributed by atoms with Gasteiger partial charge in [-0.05, 0) is 12.6 Å². The van der Waals surface area contributed by atoms with Crippen LogP contribution in [0.25, 0.3) is 0 Å². The lowest BCUT2D eigenvalue weighted by Gasteiger charge is -2.29. The van der Waals surface area contributed by atoms with E-state index < -0.39 is 11.9 Å². The Morgan fingerprint density at radius 3 is 2.62 bits per heavy atom. The molecular weight excluding hydrogens is 266 g/mol. The second-order valence-electron chi connectivity index (χ2n) is 5.66. The molecule has 0 spiro atoms. The van der Waals surface area contributed by atoms with Gasteiger partial charge in [-0.25, -0.2) is 0 Å². The van der Waals surface area contributed by atoms with Crippen LogP contribution in [0.1, 0.15) is 11.5 Å². The molecule has 0 radical (unpaired) electrons. The minimum Gasteiger partial charge on any atom is -0.481 e. The largest absolute Gasteiger partial charge is 0.481 e. The van der Waals surface area contributed by atoms with Crippen molar-refractivity contribution in [2.24, 2.45) is 0 Å². The Bertz CT molecular complexity index is 432. The van der Waals surface area contributed by atoms with Crippen molar-refractivity contribution in [2.75, 3.05) is 52.9 Å². The van der Waals surface area contributed by atoms with E-state index in [1.165, 1.54) is 0 Å². The number of piperazine rings is 1. The zero-order valence-electron chi connectivity index (χ0n) is 12.7. The smallest absolute Gasteiger partial charge is 0.312 e. The van der Waals surface area contributed by atoms with Crippen molar-refractivity contribution >= 4 is 5.97 Å². The molecule has 0 amide bonds. The van der Waals surface area contributed by atoms with Crippen LogP contribution in [0.2, 0.25) is 0 Å². The molecular formula is C16H25N3O2. The molecule has 2 N–H and O–H groups in total. The highest BCUT2D eigenvalue weighted by molar-refractivity contribution is 5.76. The summed E-state index contributed by atoms with van der Waals surface area (Å²) in [6.07, 6.45) is 0. The summed E-state index contributed by atoms with van der Waals surface area (Å²) in [7, 11) is 2.00. The molecule has 21 heavy (non-hydrogen) atoms. The fourth-order valence-electron chi connectivity index (χ4n) is 2.66. The maximum Gasteiger partial charge on any atom is 0.312 e. The van der Waals surface area contributed by atoms with E-state index >= 15 is 0 Å². The van der Waals surface area contributed by atoms with Gasteiger partial charge in [0.15, 0.2) is 0 Å². The number of benzene rings is 1. The van der Waals surface area contributed by atoms with Crippen molar-refractivity contribution in [3.63, 3.8) is 0 Å². The summed E-state index contributed by atoms with van der Waals surface area (Å²) in [5.41, 5.74) is 0.874. The molecule has 1 saturated heterocycles. The molecule has 1 heterocycles. The molecule has 5 nitrogen and oxygen atoms in total. The zero-order chi connectivity index (χ0) is 15.1. The fraction of sp³-hybridized carbons (Fsp3) is 0.562. The number of nitrogens with one attached hydrogen (secondary N) is 1. The summed E-state index contributed by atoms with van der Waals surface area (Å²) in [4.78, 5) is 16.0. The zero-order valence-corrected chi connectivity index (χ0v) is 12.7. The molecule has 1 aromatic rings. The monoisotopic (exact) mass is 291 g/mol. The normalized spacial score (nSPS) is 17.8. The number of rotatable bonds is 7. The van der Waals surface area contributed by atoms with Crippen molar-refractivity contribution < 1.29 is 9.90 Å². The number of carbonyl (C=O) groups is 1. The predicted molar refractivity (Wildman–Crippen MR) is 83.6 cm³/mol. The molecule has 1 aromatic carbocycles. The van der Waals surface area contributed by atoms with Crippen LogP contribution in [0, 0.1) is 0 Å². The fourth-order valence-corrected chi connectivity index (χ4v) is 2.66. The van der Waals surface area contributed by atoms with Crippen LogP contribution in [-0.2, 0) is 4.79 Å². The molecule has 0 bridgehead atoms. The molecule has 1 unspecified atom stereocenters. The second kappa shape index (κ2) is 8.12. The first-order valence-corrected chi connectivity index (χ1v) is 7.56. The minimum atomic E-state index is -0.754. The summed E-state index contributed by atoms with van der Waals surface area (Å²) in [5.74, 6) is -1.21. The van der Waals surface area contributed by atoms with Crippen LogP contribution >= 0.6 is 0 Å². The molecule has 1 atom stereocenters. The number of carboxylic acid groups (broad SMARTS) is 1. The molecule has 5 heteroatoms. The lowest BCUT2D eigenvalue weighted by Crippen LogP contribution is -2.46. The summed E-state index contributed by atoms with van der Waals surface area (Å²) in [6.45, 7) is 6.70. The van der Waals surface area contributed by atoms with Crippen LogP contribution in [0.3, 0.4) is 0 Å². The van der Waals surface area contributed by atoms with Crippen molar-refractivity contribution in [1.29, 1.82) is 0 Å². The van der Waals surface area contributed by atoms with Gasteiger partial charge in [0, 0.05) is 45.8 Å². The van der Waals surface area contributed by atoms with Gasteiger partial charge < -0.3 is 15.3 Å². The van der Waals surface area contributed by atoms with Crippen LogP contribution in [0.5, 0.6) is 0 Å². The van der Waals surface area contributed by atoms with Gasteiger partial charge in [-0.3, -0.25) is 9.69 Å². The molecule has 0 aromatic heterocycles. The van der Waals surface area contributed by atoms with E-state index in [4.69, 9.17) is 0 Å². The van der Waals surface area contributed by atoms with Gasteiger partial charge in [-0.15, -0.1) is 0 Å². The number of hydrogen-bond acceptors (Lipinski definition) is 4. The number of carboxylic acids is 1. The molecule has 1 aliphatic heterocycles. The average Bonchev–Trinajstić information content (AvgIpc) is 2.52. The van der Waals surface area contributed by atoms with Gasteiger partial charge in [0.05, 0.1) is 5.92 Å². The Kier molecular flexibility index (Phi) is 6.17. The van der Waals surface area contributed by atoms with E-state index in [0.29, 0.717) is 6.54 Å². The Labute approximate surface area is 126 Å². The average molecular weight is 291 g/mol. The van der Waals surface area contributed by atoms with Crippen LogP contribution < -0.4 is 5.32 Å². The van der Waals surface area contributed by atoms with Gasteiger partial charge >= 0.3 is 5.97 Å². The Morgan fingerprint density at radius 2 is 2.00 bits per heavy atom. The van der Waals surface area contributed by atoms with E-state index in [1.807, 2.05) is 37.4 Å². The third-order valence-corrected chi connectivity index (χ3v) is 4.00. The summed E-state index contributed by atoms with van der Waals surface area (Å²) >= 11 is 0. The van der Waals surface area contributed by atoms with E-state index in [2.05, 4.69) is 15.1 Å². The molecule has 0 aliphatic carbocycles. The molecule has 2 rings (SSSR count). The summed E-state index contributed by atoms with van der Waals surface area (Å²) < 4.78 is 0. The number of hydrogen-bond donors (Lipinski definition) is 2. The van der Waals surface area contributed by atoms with Gasteiger partial charge in [0.1, 0.15) is 0 Å². The molecule has 1 aliphatic rings. The van der Waals surface area contributed by atoms with Gasteiger partial charge in [-0.2, -0.15) is 0 Å². The van der Waals surface area contributed by atoms with E-state index in [-0.39, 0.29) is 0 Å². The first-order valence-electron chi connectivity index (χ1n) is 7.56. The van der Waals surface area contributed by atoms with Crippen LogP contribution in [-0.4, -0.2) is 73.7 Å². The first-order chi connectivity index (χ1) is 10.2. The maximum absolute atomic E-state index is 11.5. The second-order valence-corrected chi connectivity index (χ2v) is 5.66. The molecule has 116 valence electrons. The Hall–Kier alpha value is -1.43. The van der Waals surface area contributed by atoms with E-state index in [0.717, 1.165) is 44.8 Å². The maximum atomic E-state index is 11.5. The van der Waals surface area contributed by atoms with Gasteiger partial charge in [0.25, 0.3) is 0 Å². The predicted octanol–water partition coefficient (Wildman–Crippen LogP) is 0.692. The minimum absolute atomic E-state index is 0.459. The third kappa shape index (κ3) is 5.12. The summed E-state index contributed by atoms with van der Waals surface area (Å²) in [6, 6.07) is 9.49. The number of aliphatic carboxylic acids is 1. The standard InChI is InChI=1S/C16H25N3O2/c1-18(11-12-19-9-7-17-8-10-19)13-15(16(20)21)14-5-3-2-4-6-14/h2-6,15,17H,7-13H2,1H3,(H,20,21). The van der Waals surface area contributed by atoms with Crippen LogP contribution in [0.15, 0.2) is 30.3 Å². The SMILES string of the molecule is CN(CCN1CCNCC1)CC(C(=O)O)c1ccccc1. The molecule has 1 fully saturated rings. The lowest BCUT2D eigenvalue weighted by molar-refractivity contribution is -0.139. The van der Waals surface area contributed by atoms with Crippen molar-refractivity contribution in [3.05, 3.63) is 35.9 Å². The van der Waals surface area contributed by atoms with E-state index in [1.54, 1.807) is 0 Å². The van der Waals surface area contributed by atoms with Gasteiger partial charge in [-0.1, -0.05) is 30.3 Å². The summed E-state index contributed by atoms with van der Waals surface area (Å²) in [5, 5.41) is 12.8. The topological polar surface area (TPSA) is 55.8 Å². The molecule has 0 saturated carbocycles. The Balaban J connectivity index is 1.83. The third-order valence-electron chi connectivity index (χ3n) is 4.00. The van der Waals surface area contributed by atoms with Crippen molar-refractivity contribution in [1.82, 2.24) is 15.1 Å². The van der Waals surface area contributed by atoms with Crippen LogP contribution in [0.4, 0.5) is 0 Å². The highest BCUT2D eigenvalue weighted by atomic mass is 16.4. The lowest BCUT2D eigenvalue weighted by atomic mass is 9.99. The number of likely N-dealkylation sites (N-methyl/N-ethyl adjacent to an activating group) is 1. The Morgan fingerprint density at radius 1 is 1.33 bits per heavy atom. The highest BCUT2D eigenvalue weighted by Crippen LogP contribution is 2.16.